The summed E-state index contributed by atoms with van der Waals surface area (Å²) < 4.78 is 16.4. The highest BCUT2D eigenvalue weighted by Gasteiger charge is 2.13. The molecule has 0 atom stereocenters. The molecule has 0 aliphatic heterocycles. The fourth-order valence-corrected chi connectivity index (χ4v) is 3.16. The van der Waals surface area contributed by atoms with Gasteiger partial charge in [-0.25, -0.2) is 4.98 Å². The zero-order valence-corrected chi connectivity index (χ0v) is 16.2. The van der Waals surface area contributed by atoms with Crippen LogP contribution in [0.3, 0.4) is 0 Å². The number of methoxy groups -OCH3 is 2. The summed E-state index contributed by atoms with van der Waals surface area (Å²) in [6, 6.07) is 13.7. The summed E-state index contributed by atoms with van der Waals surface area (Å²) in [4.78, 5) is 4.54. The molecule has 0 spiro atoms. The van der Waals surface area contributed by atoms with Crippen molar-refractivity contribution < 1.29 is 14.2 Å². The first-order valence-corrected chi connectivity index (χ1v) is 9.32. The van der Waals surface area contributed by atoms with Crippen molar-refractivity contribution >= 4 is 22.7 Å². The Morgan fingerprint density at radius 1 is 1.11 bits per heavy atom. The molecule has 0 unspecified atom stereocenters. The molecule has 0 bridgehead atoms. The molecule has 7 heteroatoms. The van der Waals surface area contributed by atoms with Gasteiger partial charge in [0.1, 0.15) is 0 Å². The summed E-state index contributed by atoms with van der Waals surface area (Å²) >= 11 is 1.50. The molecule has 1 aromatic heterocycles. The monoisotopic (exact) mass is 383 g/mol. The van der Waals surface area contributed by atoms with Gasteiger partial charge in [-0.15, -0.1) is 11.3 Å². The Morgan fingerprint density at radius 2 is 1.81 bits per heavy atom. The Hall–Kier alpha value is -3.06. The number of thiazole rings is 1. The summed E-state index contributed by atoms with van der Waals surface area (Å²) in [5, 5.41) is 6.98. The van der Waals surface area contributed by atoms with Crippen LogP contribution in [0.2, 0.25) is 0 Å². The molecule has 0 saturated carbocycles. The molecule has 0 amide bonds. The molecule has 2 aromatic carbocycles. The van der Waals surface area contributed by atoms with E-state index in [0.717, 1.165) is 22.0 Å². The third kappa shape index (κ3) is 4.57. The van der Waals surface area contributed by atoms with Crippen molar-refractivity contribution in [2.45, 2.75) is 6.92 Å². The van der Waals surface area contributed by atoms with Gasteiger partial charge in [0.25, 0.3) is 0 Å². The van der Waals surface area contributed by atoms with E-state index in [9.17, 15) is 0 Å². The quantitative estimate of drug-likeness (QED) is 0.452. The second-order valence-corrected chi connectivity index (χ2v) is 6.32. The van der Waals surface area contributed by atoms with Crippen LogP contribution in [0.1, 0.15) is 12.5 Å². The van der Waals surface area contributed by atoms with E-state index >= 15 is 0 Å². The minimum Gasteiger partial charge on any atom is -0.493 e. The van der Waals surface area contributed by atoms with E-state index in [0.29, 0.717) is 23.9 Å². The summed E-state index contributed by atoms with van der Waals surface area (Å²) in [5.74, 6) is 1.77. The first kappa shape index (κ1) is 18.7. The molecule has 0 aliphatic carbocycles. The van der Waals surface area contributed by atoms with Crippen LogP contribution in [-0.2, 0) is 0 Å². The molecule has 3 aromatic rings. The number of anilines is 1. The van der Waals surface area contributed by atoms with Gasteiger partial charge in [-0.1, -0.05) is 30.3 Å². The van der Waals surface area contributed by atoms with Crippen LogP contribution in [0.25, 0.3) is 11.3 Å². The summed E-state index contributed by atoms with van der Waals surface area (Å²) in [6.07, 6.45) is 1.68. The number of benzene rings is 2. The molecular weight excluding hydrogens is 362 g/mol. The number of rotatable bonds is 8. The van der Waals surface area contributed by atoms with Gasteiger partial charge in [0.2, 0.25) is 10.9 Å². The van der Waals surface area contributed by atoms with E-state index in [1.165, 1.54) is 11.3 Å². The molecule has 0 radical (unpaired) electrons. The predicted molar refractivity (Wildman–Crippen MR) is 109 cm³/mol. The van der Waals surface area contributed by atoms with E-state index < -0.39 is 0 Å². The normalized spacial score (nSPS) is 10.8. The average molecular weight is 383 g/mol. The van der Waals surface area contributed by atoms with E-state index in [1.807, 2.05) is 54.8 Å². The maximum atomic E-state index is 5.61. The van der Waals surface area contributed by atoms with Crippen molar-refractivity contribution in [1.29, 1.82) is 0 Å². The lowest BCUT2D eigenvalue weighted by molar-refractivity contribution is 0.288. The highest BCUT2D eigenvalue weighted by atomic mass is 32.1. The first-order chi connectivity index (χ1) is 13.2. The first-order valence-electron chi connectivity index (χ1n) is 8.44. The van der Waals surface area contributed by atoms with Gasteiger partial charge < -0.3 is 14.2 Å². The molecule has 1 heterocycles. The summed E-state index contributed by atoms with van der Waals surface area (Å²) in [7, 11) is 3.19. The van der Waals surface area contributed by atoms with Crippen molar-refractivity contribution in [2.24, 2.45) is 5.10 Å². The number of ether oxygens (including phenoxy) is 3. The van der Waals surface area contributed by atoms with Crippen LogP contribution in [0.4, 0.5) is 5.13 Å². The van der Waals surface area contributed by atoms with Crippen LogP contribution in [0, 0.1) is 0 Å². The Morgan fingerprint density at radius 3 is 2.44 bits per heavy atom. The predicted octanol–water partition coefficient (Wildman–Crippen LogP) is 4.67. The number of hydrogen-bond donors (Lipinski definition) is 1. The third-order valence-electron chi connectivity index (χ3n) is 3.72. The average Bonchev–Trinajstić information content (AvgIpc) is 3.18. The number of aromatic nitrogens is 1. The molecule has 27 heavy (non-hydrogen) atoms. The smallest absolute Gasteiger partial charge is 0.203 e. The third-order valence-corrected chi connectivity index (χ3v) is 4.47. The number of hydrogen-bond acceptors (Lipinski definition) is 7. The Balaban J connectivity index is 1.74. The SMILES string of the molecule is CCOc1c(OC)cc(/C=N/Nc2nc(-c3ccccc3)cs2)cc1OC. The highest BCUT2D eigenvalue weighted by Crippen LogP contribution is 2.38. The number of hydrazone groups is 1. The van der Waals surface area contributed by atoms with Gasteiger partial charge in [-0.05, 0) is 19.1 Å². The lowest BCUT2D eigenvalue weighted by Gasteiger charge is -2.14. The van der Waals surface area contributed by atoms with Gasteiger partial charge in [-0.3, -0.25) is 5.43 Å². The van der Waals surface area contributed by atoms with Crippen molar-refractivity contribution in [1.82, 2.24) is 4.98 Å². The maximum Gasteiger partial charge on any atom is 0.203 e. The molecule has 6 nitrogen and oxygen atoms in total. The fraction of sp³-hybridized carbons (Fsp3) is 0.200. The van der Waals surface area contributed by atoms with Gasteiger partial charge >= 0.3 is 0 Å². The molecule has 140 valence electrons. The topological polar surface area (TPSA) is 65.0 Å². The molecule has 1 N–H and O–H groups in total. The van der Waals surface area contributed by atoms with Crippen molar-refractivity contribution in [3.8, 4) is 28.5 Å². The van der Waals surface area contributed by atoms with E-state index in [-0.39, 0.29) is 0 Å². The molecule has 0 aliphatic rings. The number of nitrogens with one attached hydrogen (secondary N) is 1. The summed E-state index contributed by atoms with van der Waals surface area (Å²) in [6.45, 7) is 2.44. The molecular formula is C20H21N3O3S. The molecule has 3 rings (SSSR count). The fourth-order valence-electron chi connectivity index (χ4n) is 2.49. The zero-order valence-electron chi connectivity index (χ0n) is 15.4. The van der Waals surface area contributed by atoms with Crippen molar-refractivity contribution in [2.75, 3.05) is 26.3 Å². The Labute approximate surface area is 162 Å². The molecule has 0 fully saturated rings. The van der Waals surface area contributed by atoms with Crippen LogP contribution >= 0.6 is 11.3 Å². The second kappa shape index (κ2) is 9.05. The highest BCUT2D eigenvalue weighted by molar-refractivity contribution is 7.14. The second-order valence-electron chi connectivity index (χ2n) is 5.46. The standard InChI is InChI=1S/C20H21N3O3S/c1-4-26-19-17(24-2)10-14(11-18(19)25-3)12-21-23-20-22-16(13-27-20)15-8-6-5-7-9-15/h5-13H,4H2,1-3H3,(H,22,23)/b21-12+. The number of nitrogens with zero attached hydrogens (tertiary/aromatic N) is 2. The van der Waals surface area contributed by atoms with Crippen LogP contribution in [0.15, 0.2) is 52.9 Å². The van der Waals surface area contributed by atoms with Crippen LogP contribution in [0.5, 0.6) is 17.2 Å². The van der Waals surface area contributed by atoms with Crippen LogP contribution in [-0.4, -0.2) is 32.0 Å². The maximum absolute atomic E-state index is 5.61. The van der Waals surface area contributed by atoms with E-state index in [4.69, 9.17) is 14.2 Å². The largest absolute Gasteiger partial charge is 0.493 e. The van der Waals surface area contributed by atoms with Gasteiger partial charge in [0.05, 0.1) is 32.7 Å². The summed E-state index contributed by atoms with van der Waals surface area (Å²) in [5.41, 5.74) is 5.78. The van der Waals surface area contributed by atoms with Crippen molar-refractivity contribution in [3.63, 3.8) is 0 Å². The van der Waals surface area contributed by atoms with Gasteiger partial charge in [0.15, 0.2) is 11.5 Å². The zero-order chi connectivity index (χ0) is 19.1. The van der Waals surface area contributed by atoms with Crippen molar-refractivity contribution in [3.05, 3.63) is 53.4 Å². The van der Waals surface area contributed by atoms with Gasteiger partial charge in [0, 0.05) is 16.5 Å². The minimum absolute atomic E-state index is 0.523. The van der Waals surface area contributed by atoms with Gasteiger partial charge in [-0.2, -0.15) is 5.10 Å². The molecule has 0 saturated heterocycles. The lowest BCUT2D eigenvalue weighted by atomic mass is 10.2. The van der Waals surface area contributed by atoms with Crippen LogP contribution < -0.4 is 19.6 Å². The Kier molecular flexibility index (Phi) is 6.27. The van der Waals surface area contributed by atoms with E-state index in [1.54, 1.807) is 20.4 Å². The lowest BCUT2D eigenvalue weighted by Crippen LogP contribution is -2.00. The Bertz CT molecular complexity index is 885. The minimum atomic E-state index is 0.523. The van der Waals surface area contributed by atoms with E-state index in [2.05, 4.69) is 15.5 Å².